The van der Waals surface area contributed by atoms with Crippen LogP contribution in [0.4, 0.5) is 11.5 Å². The predicted octanol–water partition coefficient (Wildman–Crippen LogP) is 4.74. The van der Waals surface area contributed by atoms with Gasteiger partial charge in [0.15, 0.2) is 5.16 Å². The standard InChI is InChI=1S/C33H39N7OS/c1-4-31(41)40-19-18-39(20-25(40)14-16-34)32-27-15-17-38(30-11-7-9-23-8-5-6-10-26(23)30)21-28(27)35-33(36-32)42-22-24-12-13-29(24)37(2)3/h4-11,24-25,29H,1,12-15,17-22H2,2-3H3/t24?,25-,29?/m0/s1. The number of carbonyl (C=O) groups excluding carboxylic acids is 1. The third-order valence-corrected chi connectivity index (χ3v) is 10.2. The van der Waals surface area contributed by atoms with Crippen LogP contribution in [0.5, 0.6) is 0 Å². The lowest BCUT2D eigenvalue weighted by Crippen LogP contribution is -2.55. The molecule has 0 N–H and O–H groups in total. The Hall–Kier alpha value is -3.61. The third-order valence-electron chi connectivity index (χ3n) is 9.16. The number of aromatic nitrogens is 2. The van der Waals surface area contributed by atoms with Crippen molar-refractivity contribution in [2.45, 2.75) is 49.5 Å². The van der Waals surface area contributed by atoms with Gasteiger partial charge in [-0.05, 0) is 56.8 Å². The second-order valence-corrected chi connectivity index (χ2v) is 12.8. The Morgan fingerprint density at radius 1 is 1.12 bits per heavy atom. The molecule has 3 aromatic rings. The minimum Gasteiger partial charge on any atom is -0.365 e. The highest BCUT2D eigenvalue weighted by Gasteiger charge is 2.35. The Morgan fingerprint density at radius 3 is 2.71 bits per heavy atom. The zero-order chi connectivity index (χ0) is 29.2. The highest BCUT2D eigenvalue weighted by molar-refractivity contribution is 7.99. The molecule has 6 rings (SSSR count). The summed E-state index contributed by atoms with van der Waals surface area (Å²) in [6.07, 6.45) is 4.98. The summed E-state index contributed by atoms with van der Waals surface area (Å²) in [5, 5.41) is 12.9. The fourth-order valence-corrected chi connectivity index (χ4v) is 7.82. The molecule has 2 aliphatic heterocycles. The number of hydrogen-bond donors (Lipinski definition) is 0. The van der Waals surface area contributed by atoms with Crippen LogP contribution in [0, 0.1) is 17.2 Å². The fourth-order valence-electron chi connectivity index (χ4n) is 6.75. The van der Waals surface area contributed by atoms with Crippen LogP contribution in [0.2, 0.25) is 0 Å². The molecule has 3 aliphatic rings. The van der Waals surface area contributed by atoms with E-state index in [1.165, 1.54) is 40.9 Å². The van der Waals surface area contributed by atoms with E-state index in [0.717, 1.165) is 41.9 Å². The first-order valence-electron chi connectivity index (χ1n) is 14.9. The van der Waals surface area contributed by atoms with Crippen molar-refractivity contribution in [2.75, 3.05) is 55.8 Å². The number of benzene rings is 2. The lowest BCUT2D eigenvalue weighted by Gasteiger charge is -2.42. The van der Waals surface area contributed by atoms with Crippen molar-refractivity contribution >= 4 is 39.9 Å². The zero-order valence-electron chi connectivity index (χ0n) is 24.6. The molecule has 0 spiro atoms. The molecular formula is C33H39N7OS. The Morgan fingerprint density at radius 2 is 1.95 bits per heavy atom. The van der Waals surface area contributed by atoms with Gasteiger partial charge < -0.3 is 19.6 Å². The van der Waals surface area contributed by atoms with E-state index in [4.69, 9.17) is 9.97 Å². The summed E-state index contributed by atoms with van der Waals surface area (Å²) in [6.45, 7) is 7.09. The molecule has 1 aromatic heterocycles. The second kappa shape index (κ2) is 12.3. The van der Waals surface area contributed by atoms with Crippen LogP contribution in [0.15, 0.2) is 60.3 Å². The second-order valence-electron chi connectivity index (χ2n) is 11.8. The van der Waals surface area contributed by atoms with Gasteiger partial charge in [0.2, 0.25) is 5.91 Å². The molecule has 1 amide bonds. The zero-order valence-corrected chi connectivity index (χ0v) is 25.4. The molecule has 9 heteroatoms. The molecule has 1 aliphatic carbocycles. The number of piperazine rings is 1. The van der Waals surface area contributed by atoms with Gasteiger partial charge in [0.1, 0.15) is 5.82 Å². The normalized spacial score (nSPS) is 22.0. The lowest BCUT2D eigenvalue weighted by atomic mass is 9.80. The van der Waals surface area contributed by atoms with Gasteiger partial charge >= 0.3 is 0 Å². The van der Waals surface area contributed by atoms with Crippen molar-refractivity contribution in [3.8, 4) is 6.07 Å². The van der Waals surface area contributed by atoms with Crippen LogP contribution in [0.25, 0.3) is 10.8 Å². The molecule has 1 saturated heterocycles. The van der Waals surface area contributed by atoms with Crippen molar-refractivity contribution in [3.05, 3.63) is 66.4 Å². The molecular weight excluding hydrogens is 542 g/mol. The van der Waals surface area contributed by atoms with E-state index in [0.29, 0.717) is 31.6 Å². The smallest absolute Gasteiger partial charge is 0.246 e. The summed E-state index contributed by atoms with van der Waals surface area (Å²) in [7, 11) is 4.34. The fraction of sp³-hybridized carbons (Fsp3) is 0.455. The maximum Gasteiger partial charge on any atom is 0.246 e. The summed E-state index contributed by atoms with van der Waals surface area (Å²) >= 11 is 1.77. The number of nitriles is 1. The Bertz CT molecular complexity index is 1510. The van der Waals surface area contributed by atoms with Gasteiger partial charge in [0.05, 0.1) is 30.8 Å². The van der Waals surface area contributed by atoms with Gasteiger partial charge in [-0.2, -0.15) is 5.26 Å². The molecule has 218 valence electrons. The summed E-state index contributed by atoms with van der Waals surface area (Å²) in [6, 6.07) is 17.8. The van der Waals surface area contributed by atoms with Crippen molar-refractivity contribution in [1.82, 2.24) is 19.8 Å². The Kier molecular flexibility index (Phi) is 8.36. The number of rotatable bonds is 8. The van der Waals surface area contributed by atoms with Crippen molar-refractivity contribution < 1.29 is 4.79 Å². The van der Waals surface area contributed by atoms with E-state index in [1.807, 2.05) is 0 Å². The van der Waals surface area contributed by atoms with E-state index in [2.05, 4.69) is 83.9 Å². The highest BCUT2D eigenvalue weighted by Crippen LogP contribution is 2.38. The average molecular weight is 582 g/mol. The van der Waals surface area contributed by atoms with Crippen LogP contribution >= 0.6 is 11.8 Å². The molecule has 2 aromatic carbocycles. The molecule has 0 radical (unpaired) electrons. The largest absolute Gasteiger partial charge is 0.365 e. The summed E-state index contributed by atoms with van der Waals surface area (Å²) in [5.41, 5.74) is 3.52. The molecule has 3 heterocycles. The highest BCUT2D eigenvalue weighted by atomic mass is 32.2. The number of hydrogen-bond acceptors (Lipinski definition) is 8. The molecule has 3 atom stereocenters. The maximum absolute atomic E-state index is 12.5. The van der Waals surface area contributed by atoms with Crippen LogP contribution in [0.3, 0.4) is 0 Å². The molecule has 2 fully saturated rings. The predicted molar refractivity (Wildman–Crippen MR) is 170 cm³/mol. The van der Waals surface area contributed by atoms with E-state index in [-0.39, 0.29) is 18.4 Å². The van der Waals surface area contributed by atoms with Gasteiger partial charge in [-0.1, -0.05) is 54.7 Å². The van der Waals surface area contributed by atoms with Crippen LogP contribution in [-0.2, 0) is 17.8 Å². The van der Waals surface area contributed by atoms with E-state index >= 15 is 0 Å². The van der Waals surface area contributed by atoms with Crippen molar-refractivity contribution in [1.29, 1.82) is 5.26 Å². The van der Waals surface area contributed by atoms with Crippen molar-refractivity contribution in [2.24, 2.45) is 5.92 Å². The maximum atomic E-state index is 12.5. The Balaban J connectivity index is 1.32. The first-order valence-corrected chi connectivity index (χ1v) is 15.9. The quantitative estimate of drug-likeness (QED) is 0.214. The lowest BCUT2D eigenvalue weighted by molar-refractivity contribution is -0.128. The molecule has 8 nitrogen and oxygen atoms in total. The van der Waals surface area contributed by atoms with Gasteiger partial charge in [-0.3, -0.25) is 4.79 Å². The number of thioether (sulfide) groups is 1. The number of carbonyl (C=O) groups is 1. The number of amides is 1. The Labute approximate surface area is 253 Å². The molecule has 0 bridgehead atoms. The topological polar surface area (TPSA) is 79.6 Å². The van der Waals surface area contributed by atoms with Gasteiger partial charge in [-0.25, -0.2) is 9.97 Å². The van der Waals surface area contributed by atoms with Crippen LogP contribution in [-0.4, -0.2) is 83.8 Å². The van der Waals surface area contributed by atoms with Gasteiger partial charge in [0, 0.05) is 54.6 Å². The SMILES string of the molecule is C=CC(=O)N1CCN(c2nc(SCC3CCC3N(C)C)nc3c2CCN(c2cccc4ccccc24)C3)C[C@@H]1CC#N. The molecule has 42 heavy (non-hydrogen) atoms. The molecule has 1 saturated carbocycles. The van der Waals surface area contributed by atoms with E-state index in [1.54, 1.807) is 16.7 Å². The number of anilines is 2. The summed E-state index contributed by atoms with van der Waals surface area (Å²) < 4.78 is 0. The minimum absolute atomic E-state index is 0.113. The molecule has 2 unspecified atom stereocenters. The monoisotopic (exact) mass is 581 g/mol. The van der Waals surface area contributed by atoms with Gasteiger partial charge in [-0.15, -0.1) is 0 Å². The van der Waals surface area contributed by atoms with Crippen LogP contribution in [0.1, 0.15) is 30.5 Å². The average Bonchev–Trinajstić information content (AvgIpc) is 2.99. The number of fused-ring (bicyclic) bond motifs is 2. The van der Waals surface area contributed by atoms with Gasteiger partial charge in [0.25, 0.3) is 0 Å². The van der Waals surface area contributed by atoms with E-state index < -0.39 is 0 Å². The van der Waals surface area contributed by atoms with E-state index in [9.17, 15) is 10.1 Å². The summed E-state index contributed by atoms with van der Waals surface area (Å²) in [5.74, 6) is 2.52. The van der Waals surface area contributed by atoms with Crippen molar-refractivity contribution in [3.63, 3.8) is 0 Å². The van der Waals surface area contributed by atoms with Crippen LogP contribution < -0.4 is 9.80 Å². The first-order chi connectivity index (χ1) is 20.5. The third kappa shape index (κ3) is 5.58. The summed E-state index contributed by atoms with van der Waals surface area (Å²) in [4.78, 5) is 31.8. The minimum atomic E-state index is -0.192. The number of nitrogens with zero attached hydrogens (tertiary/aromatic N) is 7. The first kappa shape index (κ1) is 28.5.